The third-order valence-corrected chi connectivity index (χ3v) is 2.01. The van der Waals surface area contributed by atoms with Crippen molar-refractivity contribution in [3.8, 4) is 0 Å². The summed E-state index contributed by atoms with van der Waals surface area (Å²) >= 11 is 0. The quantitative estimate of drug-likeness (QED) is 0.237. The van der Waals surface area contributed by atoms with Gasteiger partial charge in [0.05, 0.1) is 12.6 Å². The van der Waals surface area contributed by atoms with Gasteiger partial charge in [-0.05, 0) is 5.53 Å². The van der Waals surface area contributed by atoms with Crippen LogP contribution in [0.1, 0.15) is 0 Å². The van der Waals surface area contributed by atoms with Gasteiger partial charge in [0.25, 0.3) is 0 Å². The fourth-order valence-electron chi connectivity index (χ4n) is 1.20. The number of nitrogens with zero attached hydrogens (tertiary/aromatic N) is 3. The molecule has 1 saturated heterocycles. The maximum atomic E-state index is 9.32. The van der Waals surface area contributed by atoms with E-state index in [0.717, 1.165) is 0 Å². The van der Waals surface area contributed by atoms with E-state index < -0.39 is 30.7 Å². The minimum Gasteiger partial charge on any atom is -0.388 e. The lowest BCUT2D eigenvalue weighted by molar-refractivity contribution is -0.279. The summed E-state index contributed by atoms with van der Waals surface area (Å²) in [4.78, 5) is 2.44. The molecule has 8 heteroatoms. The van der Waals surface area contributed by atoms with Crippen molar-refractivity contribution in [2.75, 3.05) is 6.54 Å². The summed E-state index contributed by atoms with van der Waals surface area (Å²) in [6, 6.07) is 0. The lowest BCUT2D eigenvalue weighted by Gasteiger charge is -2.37. The lowest BCUT2D eigenvalue weighted by Crippen LogP contribution is -2.58. The van der Waals surface area contributed by atoms with Gasteiger partial charge >= 0.3 is 0 Å². The highest BCUT2D eigenvalue weighted by Gasteiger charge is 2.42. The number of hydrogen-bond acceptors (Lipinski definition) is 6. The van der Waals surface area contributed by atoms with Gasteiger partial charge in [-0.2, -0.15) is 0 Å². The molecule has 5 atom stereocenters. The predicted molar refractivity (Wildman–Crippen MR) is 42.9 cm³/mol. The van der Waals surface area contributed by atoms with Crippen LogP contribution in [0.25, 0.3) is 10.4 Å². The summed E-state index contributed by atoms with van der Waals surface area (Å²) in [5, 5.41) is 39.8. The Morgan fingerprint density at radius 3 is 2.36 bits per heavy atom. The van der Waals surface area contributed by atoms with Crippen molar-refractivity contribution in [3.63, 3.8) is 0 Å². The van der Waals surface area contributed by atoms with Gasteiger partial charge in [0.2, 0.25) is 0 Å². The van der Waals surface area contributed by atoms with Crippen molar-refractivity contribution in [2.45, 2.75) is 30.7 Å². The molecule has 0 aliphatic carbocycles. The normalized spacial score (nSPS) is 43.0. The van der Waals surface area contributed by atoms with E-state index in [0.29, 0.717) is 0 Å². The topological polar surface area (TPSA) is 139 Å². The summed E-state index contributed by atoms with van der Waals surface area (Å²) < 4.78 is 4.71. The smallest absolute Gasteiger partial charge is 0.183 e. The van der Waals surface area contributed by atoms with Crippen LogP contribution in [0.5, 0.6) is 0 Å². The summed E-state index contributed by atoms with van der Waals surface area (Å²) in [7, 11) is 0. The van der Waals surface area contributed by atoms with Crippen LogP contribution in [-0.4, -0.2) is 57.7 Å². The van der Waals surface area contributed by atoms with Crippen LogP contribution in [0.2, 0.25) is 0 Å². The van der Waals surface area contributed by atoms with Gasteiger partial charge in [0.1, 0.15) is 18.3 Å². The van der Waals surface area contributed by atoms with Crippen molar-refractivity contribution in [2.24, 2.45) is 5.11 Å². The van der Waals surface area contributed by atoms with E-state index in [1.54, 1.807) is 0 Å². The van der Waals surface area contributed by atoms with Gasteiger partial charge in [-0.15, -0.1) is 0 Å². The second-order valence-corrected chi connectivity index (χ2v) is 2.95. The zero-order chi connectivity index (χ0) is 10.7. The number of aliphatic hydroxyl groups excluding tert-OH is 4. The maximum Gasteiger partial charge on any atom is 0.183 e. The van der Waals surface area contributed by atoms with Crippen LogP contribution < -0.4 is 0 Å². The number of rotatable bonds is 2. The zero-order valence-electron chi connectivity index (χ0n) is 7.13. The molecule has 0 aromatic heterocycles. The molecule has 0 aromatic carbocycles. The molecule has 0 aromatic rings. The number of azide groups is 1. The van der Waals surface area contributed by atoms with E-state index in [9.17, 15) is 10.2 Å². The molecule has 1 rings (SSSR count). The van der Waals surface area contributed by atoms with Crippen LogP contribution in [0, 0.1) is 0 Å². The van der Waals surface area contributed by atoms with Crippen LogP contribution >= 0.6 is 0 Å². The standard InChI is InChI=1S/C6H11N3O5/c7-9-8-1-2-3(10)4(11)5(12)6(13)14-2/h2-6,10-13H,1H2/t2-,3+,4+,5-,6+/m1/s1. The van der Waals surface area contributed by atoms with Gasteiger partial charge in [0.15, 0.2) is 6.29 Å². The fraction of sp³-hybridized carbons (Fsp3) is 1.00. The Bertz CT molecular complexity index is 244. The first-order valence-corrected chi connectivity index (χ1v) is 3.96. The third-order valence-electron chi connectivity index (χ3n) is 2.01. The Kier molecular flexibility index (Phi) is 3.64. The molecule has 1 aliphatic heterocycles. The van der Waals surface area contributed by atoms with Crippen LogP contribution in [0.4, 0.5) is 0 Å². The molecule has 8 nitrogen and oxygen atoms in total. The van der Waals surface area contributed by atoms with Gasteiger partial charge in [-0.3, -0.25) is 0 Å². The van der Waals surface area contributed by atoms with E-state index in [2.05, 4.69) is 10.0 Å². The Balaban J connectivity index is 2.64. The predicted octanol–water partition coefficient (Wildman–Crippen LogP) is -1.90. The average molecular weight is 205 g/mol. The molecular weight excluding hydrogens is 194 g/mol. The van der Waals surface area contributed by atoms with Crippen molar-refractivity contribution >= 4 is 0 Å². The highest BCUT2D eigenvalue weighted by atomic mass is 16.6. The largest absolute Gasteiger partial charge is 0.388 e. The molecule has 0 unspecified atom stereocenters. The molecule has 0 saturated carbocycles. The SMILES string of the molecule is [N-]=[N+]=NC[C@H]1O[C@H](O)[C@H](O)[C@@H](O)[C@H]1O. The first-order chi connectivity index (χ1) is 6.57. The second kappa shape index (κ2) is 4.56. The number of ether oxygens (including phenoxy) is 1. The molecule has 1 fully saturated rings. The van der Waals surface area contributed by atoms with Crippen LogP contribution in [0.3, 0.4) is 0 Å². The minimum atomic E-state index is -1.59. The van der Waals surface area contributed by atoms with Crippen molar-refractivity contribution in [3.05, 3.63) is 10.4 Å². The molecular formula is C6H11N3O5. The molecule has 80 valence electrons. The monoisotopic (exact) mass is 205 g/mol. The molecule has 0 amide bonds. The van der Waals surface area contributed by atoms with E-state index in [1.807, 2.05) is 0 Å². The zero-order valence-corrected chi connectivity index (χ0v) is 7.13. The Morgan fingerprint density at radius 1 is 1.14 bits per heavy atom. The Morgan fingerprint density at radius 2 is 1.79 bits per heavy atom. The molecule has 1 heterocycles. The van der Waals surface area contributed by atoms with Crippen molar-refractivity contribution in [1.29, 1.82) is 0 Å². The minimum absolute atomic E-state index is 0.224. The van der Waals surface area contributed by atoms with Crippen molar-refractivity contribution in [1.82, 2.24) is 0 Å². The summed E-state index contributed by atoms with van der Waals surface area (Å²) in [6.45, 7) is -0.224. The summed E-state index contributed by atoms with van der Waals surface area (Å²) in [6.07, 6.45) is -7.07. The molecule has 0 spiro atoms. The number of hydrogen-bond donors (Lipinski definition) is 4. The molecule has 4 N–H and O–H groups in total. The highest BCUT2D eigenvalue weighted by Crippen LogP contribution is 2.19. The highest BCUT2D eigenvalue weighted by molar-refractivity contribution is 4.89. The summed E-state index contributed by atoms with van der Waals surface area (Å²) in [5.74, 6) is 0. The summed E-state index contributed by atoms with van der Waals surface area (Å²) in [5.41, 5.74) is 8.01. The first kappa shape index (κ1) is 11.2. The van der Waals surface area contributed by atoms with Crippen molar-refractivity contribution < 1.29 is 25.2 Å². The average Bonchev–Trinajstić information content (AvgIpc) is 2.18. The first-order valence-electron chi connectivity index (χ1n) is 3.96. The van der Waals surface area contributed by atoms with E-state index in [1.165, 1.54) is 0 Å². The van der Waals surface area contributed by atoms with Gasteiger partial charge in [-0.25, -0.2) is 0 Å². The van der Waals surface area contributed by atoms with E-state index >= 15 is 0 Å². The lowest BCUT2D eigenvalue weighted by atomic mass is 9.99. The van der Waals surface area contributed by atoms with Crippen LogP contribution in [0.15, 0.2) is 5.11 Å². The third kappa shape index (κ3) is 2.13. The number of aliphatic hydroxyl groups is 4. The van der Waals surface area contributed by atoms with Gasteiger partial charge in [-0.1, -0.05) is 5.11 Å². The van der Waals surface area contributed by atoms with Crippen LogP contribution in [-0.2, 0) is 4.74 Å². The maximum absolute atomic E-state index is 9.32. The second-order valence-electron chi connectivity index (χ2n) is 2.95. The van der Waals surface area contributed by atoms with Gasteiger partial charge in [0, 0.05) is 4.91 Å². The fourth-order valence-corrected chi connectivity index (χ4v) is 1.20. The molecule has 0 bridgehead atoms. The Hall–Kier alpha value is -0.890. The Labute approximate surface area is 79.0 Å². The van der Waals surface area contributed by atoms with Gasteiger partial charge < -0.3 is 25.2 Å². The molecule has 1 aliphatic rings. The van der Waals surface area contributed by atoms with E-state index in [4.69, 9.17) is 20.5 Å². The molecule has 0 radical (unpaired) electrons. The van der Waals surface area contributed by atoms with E-state index in [-0.39, 0.29) is 6.54 Å². The molecule has 14 heavy (non-hydrogen) atoms.